The van der Waals surface area contributed by atoms with E-state index in [-0.39, 0.29) is 6.04 Å². The second-order valence-electron chi connectivity index (χ2n) is 4.31. The fraction of sp³-hybridized carbons (Fsp3) is 0.727. The molecule has 1 rings (SSSR count). The minimum Gasteiger partial charge on any atom is -0.475 e. The van der Waals surface area contributed by atoms with Gasteiger partial charge in [-0.2, -0.15) is 13.2 Å². The van der Waals surface area contributed by atoms with Crippen LogP contribution in [-0.4, -0.2) is 41.0 Å². The number of amides is 1. The summed E-state index contributed by atoms with van der Waals surface area (Å²) in [6.45, 7) is 1.94. The van der Waals surface area contributed by atoms with Crippen molar-refractivity contribution in [3.8, 4) is 0 Å². The first-order valence-corrected chi connectivity index (χ1v) is 6.00. The Kier molecular flexibility index (Phi) is 7.19. The van der Waals surface area contributed by atoms with Gasteiger partial charge in [0, 0.05) is 6.04 Å². The number of rotatable bonds is 5. The second kappa shape index (κ2) is 7.83. The van der Waals surface area contributed by atoms with Gasteiger partial charge < -0.3 is 16.2 Å². The molecule has 0 aromatic heterocycles. The lowest BCUT2D eigenvalue weighted by Crippen LogP contribution is -2.43. The van der Waals surface area contributed by atoms with Crippen molar-refractivity contribution in [3.05, 3.63) is 0 Å². The Labute approximate surface area is 113 Å². The van der Waals surface area contributed by atoms with Crippen LogP contribution in [0.15, 0.2) is 0 Å². The van der Waals surface area contributed by atoms with Gasteiger partial charge >= 0.3 is 12.1 Å². The van der Waals surface area contributed by atoms with Crippen LogP contribution in [0.4, 0.5) is 13.2 Å². The van der Waals surface area contributed by atoms with Crippen LogP contribution in [0.25, 0.3) is 0 Å². The van der Waals surface area contributed by atoms with Crippen LogP contribution in [0.5, 0.6) is 0 Å². The maximum atomic E-state index is 11.3. The van der Waals surface area contributed by atoms with E-state index in [0.717, 1.165) is 19.3 Å². The summed E-state index contributed by atoms with van der Waals surface area (Å²) in [5.41, 5.74) is 5.51. The zero-order valence-corrected chi connectivity index (χ0v) is 10.9. The minimum absolute atomic E-state index is 0.227. The third kappa shape index (κ3) is 7.72. The first-order chi connectivity index (χ1) is 9.09. The number of hydrogen-bond acceptors (Lipinski definition) is 4. The van der Waals surface area contributed by atoms with Crippen molar-refractivity contribution in [1.29, 1.82) is 0 Å². The predicted molar refractivity (Wildman–Crippen MR) is 62.7 cm³/mol. The van der Waals surface area contributed by atoms with Crippen LogP contribution in [-0.2, 0) is 14.4 Å². The molecular weight excluding hydrogens is 281 g/mol. The average molecular weight is 298 g/mol. The Hall–Kier alpha value is -1.64. The molecule has 1 aliphatic carbocycles. The Morgan fingerprint density at radius 1 is 1.35 bits per heavy atom. The summed E-state index contributed by atoms with van der Waals surface area (Å²) in [7, 11) is 0. The van der Waals surface area contributed by atoms with Gasteiger partial charge in [0.15, 0.2) is 0 Å². The van der Waals surface area contributed by atoms with Crippen LogP contribution >= 0.6 is 0 Å². The number of carboxylic acid groups (broad SMARTS) is 1. The van der Waals surface area contributed by atoms with Crippen LogP contribution in [0.3, 0.4) is 0 Å². The Bertz CT molecular complexity index is 367. The Morgan fingerprint density at radius 3 is 2.10 bits per heavy atom. The van der Waals surface area contributed by atoms with Crippen LogP contribution in [0.2, 0.25) is 0 Å². The summed E-state index contributed by atoms with van der Waals surface area (Å²) in [4.78, 5) is 31.3. The van der Waals surface area contributed by atoms with E-state index < -0.39 is 29.9 Å². The third-order valence-corrected chi connectivity index (χ3v) is 2.32. The highest BCUT2D eigenvalue weighted by molar-refractivity contribution is 6.38. The molecule has 1 aliphatic rings. The number of hydrogen-bond donors (Lipinski definition) is 3. The van der Waals surface area contributed by atoms with Gasteiger partial charge in [-0.05, 0) is 19.3 Å². The number of alkyl halides is 3. The first kappa shape index (κ1) is 18.4. The van der Waals surface area contributed by atoms with Crippen molar-refractivity contribution in [2.75, 3.05) is 0 Å². The van der Waals surface area contributed by atoms with E-state index in [1.54, 1.807) is 0 Å². The van der Waals surface area contributed by atoms with E-state index in [9.17, 15) is 22.8 Å². The number of nitrogens with one attached hydrogen (secondary N) is 1. The molecular formula is C11H17F3N2O4. The molecule has 4 N–H and O–H groups in total. The third-order valence-electron chi connectivity index (χ3n) is 2.32. The SMILES string of the molecule is CCCC(N)C(=O)C(=O)NC1CC1.O=C(O)C(F)(F)F. The molecule has 1 atom stereocenters. The number of carbonyl (C=O) groups is 3. The van der Waals surface area contributed by atoms with Crippen molar-refractivity contribution in [1.82, 2.24) is 5.32 Å². The van der Waals surface area contributed by atoms with Gasteiger partial charge in [-0.15, -0.1) is 0 Å². The van der Waals surface area contributed by atoms with Gasteiger partial charge in [0.1, 0.15) is 0 Å². The topological polar surface area (TPSA) is 109 Å². The Balaban J connectivity index is 0.000000441. The fourth-order valence-electron chi connectivity index (χ4n) is 1.09. The molecule has 20 heavy (non-hydrogen) atoms. The highest BCUT2D eigenvalue weighted by Gasteiger charge is 2.38. The quantitative estimate of drug-likeness (QED) is 0.644. The molecule has 116 valence electrons. The summed E-state index contributed by atoms with van der Waals surface area (Å²) in [5, 5.41) is 9.75. The van der Waals surface area contributed by atoms with E-state index >= 15 is 0 Å². The maximum Gasteiger partial charge on any atom is 0.490 e. The highest BCUT2D eigenvalue weighted by atomic mass is 19.4. The van der Waals surface area contributed by atoms with Crippen molar-refractivity contribution in [2.24, 2.45) is 5.73 Å². The molecule has 0 aliphatic heterocycles. The molecule has 1 saturated carbocycles. The molecule has 0 radical (unpaired) electrons. The van der Waals surface area contributed by atoms with Crippen LogP contribution in [0, 0.1) is 0 Å². The molecule has 6 nitrogen and oxygen atoms in total. The molecule has 0 spiro atoms. The van der Waals surface area contributed by atoms with Gasteiger partial charge in [0.2, 0.25) is 5.78 Å². The monoisotopic (exact) mass is 298 g/mol. The van der Waals surface area contributed by atoms with Gasteiger partial charge in [-0.1, -0.05) is 13.3 Å². The lowest BCUT2D eigenvalue weighted by molar-refractivity contribution is -0.192. The zero-order valence-electron chi connectivity index (χ0n) is 10.9. The molecule has 0 aromatic carbocycles. The first-order valence-electron chi connectivity index (χ1n) is 6.00. The molecule has 1 amide bonds. The van der Waals surface area contributed by atoms with E-state index in [2.05, 4.69) is 5.32 Å². The van der Waals surface area contributed by atoms with Gasteiger partial charge in [0.25, 0.3) is 5.91 Å². The number of carbonyl (C=O) groups excluding carboxylic acids is 2. The number of carboxylic acids is 1. The Morgan fingerprint density at radius 2 is 1.80 bits per heavy atom. The standard InChI is InChI=1S/C9H16N2O2.C2HF3O2/c1-2-3-7(10)8(12)9(13)11-6-4-5-6;3-2(4,5)1(6)7/h6-7H,2-5,10H2,1H3,(H,11,13);(H,6,7). The molecule has 9 heteroatoms. The number of nitrogens with two attached hydrogens (primary N) is 1. The summed E-state index contributed by atoms with van der Waals surface area (Å²) < 4.78 is 31.7. The summed E-state index contributed by atoms with van der Waals surface area (Å²) >= 11 is 0. The smallest absolute Gasteiger partial charge is 0.475 e. The lowest BCUT2D eigenvalue weighted by Gasteiger charge is -2.08. The number of halogens is 3. The van der Waals surface area contributed by atoms with Gasteiger partial charge in [-0.3, -0.25) is 9.59 Å². The van der Waals surface area contributed by atoms with Crippen molar-refractivity contribution in [2.45, 2.75) is 50.9 Å². The molecule has 0 aromatic rings. The molecule has 0 bridgehead atoms. The van der Waals surface area contributed by atoms with Crippen LogP contribution < -0.4 is 11.1 Å². The summed E-state index contributed by atoms with van der Waals surface area (Å²) in [6, 6.07) is -0.394. The van der Waals surface area contributed by atoms with E-state index in [1.807, 2.05) is 6.92 Å². The molecule has 0 heterocycles. The van der Waals surface area contributed by atoms with Crippen molar-refractivity contribution in [3.63, 3.8) is 0 Å². The fourth-order valence-corrected chi connectivity index (χ4v) is 1.09. The van der Waals surface area contributed by atoms with Gasteiger partial charge in [-0.25, -0.2) is 4.79 Å². The average Bonchev–Trinajstić information content (AvgIpc) is 3.11. The number of Topliss-reactive ketones (excluding diaryl/α,β-unsaturated/α-hetero) is 1. The number of ketones is 1. The lowest BCUT2D eigenvalue weighted by atomic mass is 10.1. The summed E-state index contributed by atoms with van der Waals surface area (Å²) in [5.74, 6) is -3.75. The van der Waals surface area contributed by atoms with E-state index in [1.165, 1.54) is 0 Å². The second-order valence-corrected chi connectivity index (χ2v) is 4.31. The van der Waals surface area contributed by atoms with Crippen molar-refractivity contribution < 1.29 is 32.7 Å². The van der Waals surface area contributed by atoms with E-state index in [4.69, 9.17) is 15.6 Å². The normalized spacial score (nSPS) is 15.7. The largest absolute Gasteiger partial charge is 0.490 e. The number of aliphatic carboxylic acids is 1. The van der Waals surface area contributed by atoms with E-state index in [0.29, 0.717) is 6.42 Å². The minimum atomic E-state index is -5.08. The molecule has 1 unspecified atom stereocenters. The van der Waals surface area contributed by atoms with Crippen LogP contribution in [0.1, 0.15) is 32.6 Å². The molecule has 0 saturated heterocycles. The highest BCUT2D eigenvalue weighted by Crippen LogP contribution is 2.18. The predicted octanol–water partition coefficient (Wildman–Crippen LogP) is 0.595. The molecule has 1 fully saturated rings. The maximum absolute atomic E-state index is 11.3. The zero-order chi connectivity index (χ0) is 15.9. The van der Waals surface area contributed by atoms with Crippen molar-refractivity contribution >= 4 is 17.7 Å². The van der Waals surface area contributed by atoms with Gasteiger partial charge in [0.05, 0.1) is 6.04 Å². The summed E-state index contributed by atoms with van der Waals surface area (Å²) in [6.07, 6.45) is -1.70.